The average Bonchev–Trinajstić information content (AvgIpc) is 3.40. The second-order valence-electron chi connectivity index (χ2n) is 12.1. The Kier molecular flexibility index (Phi) is 8.42. The number of amides is 1. The first-order valence-electron chi connectivity index (χ1n) is 15.9. The van der Waals surface area contributed by atoms with Gasteiger partial charge in [-0.2, -0.15) is 0 Å². The number of nitrogens with zero attached hydrogens (tertiary/aromatic N) is 5. The van der Waals surface area contributed by atoms with Crippen molar-refractivity contribution in [1.82, 2.24) is 19.5 Å². The maximum atomic E-state index is 14.3. The Bertz CT molecular complexity index is 1960. The fourth-order valence-electron chi connectivity index (χ4n) is 6.81. The topological polar surface area (TPSA) is 70.9 Å². The highest BCUT2D eigenvalue weighted by Crippen LogP contribution is 2.45. The van der Waals surface area contributed by atoms with Crippen molar-refractivity contribution < 1.29 is 13.9 Å². The molecular weight excluding hydrogens is 617 g/mol. The van der Waals surface area contributed by atoms with E-state index >= 15 is 0 Å². The molecule has 0 saturated carbocycles. The van der Waals surface area contributed by atoms with Crippen LogP contribution < -0.4 is 10.6 Å². The molecule has 0 unspecified atom stereocenters. The van der Waals surface area contributed by atoms with Gasteiger partial charge in [-0.3, -0.25) is 9.69 Å². The van der Waals surface area contributed by atoms with E-state index in [9.17, 15) is 14.0 Å². The van der Waals surface area contributed by atoms with Gasteiger partial charge in [0.1, 0.15) is 5.82 Å². The quantitative estimate of drug-likeness (QED) is 0.190. The molecule has 1 aliphatic heterocycles. The van der Waals surface area contributed by atoms with E-state index in [4.69, 9.17) is 21.3 Å². The van der Waals surface area contributed by atoms with Crippen LogP contribution in [0.2, 0.25) is 5.02 Å². The maximum Gasteiger partial charge on any atom is 0.411 e. The summed E-state index contributed by atoms with van der Waals surface area (Å²) in [6.45, 7) is 5.10. The van der Waals surface area contributed by atoms with Gasteiger partial charge in [-0.05, 0) is 47.4 Å². The van der Waals surface area contributed by atoms with Gasteiger partial charge in [0.25, 0.3) is 5.56 Å². The van der Waals surface area contributed by atoms with Gasteiger partial charge in [0, 0.05) is 50.9 Å². The fourth-order valence-corrected chi connectivity index (χ4v) is 7.06. The van der Waals surface area contributed by atoms with Crippen LogP contribution in [0.3, 0.4) is 0 Å². The predicted molar refractivity (Wildman–Crippen MR) is 182 cm³/mol. The monoisotopic (exact) mass is 651 g/mol. The van der Waals surface area contributed by atoms with E-state index in [1.165, 1.54) is 12.1 Å². The Morgan fingerprint density at radius 1 is 0.936 bits per heavy atom. The summed E-state index contributed by atoms with van der Waals surface area (Å²) in [6.07, 6.45) is -0.564. The molecule has 2 aliphatic rings. The summed E-state index contributed by atoms with van der Waals surface area (Å²) in [5.41, 5.74) is 5.21. The van der Waals surface area contributed by atoms with Crippen molar-refractivity contribution in [2.75, 3.05) is 38.2 Å². The van der Waals surface area contributed by atoms with Crippen molar-refractivity contribution in [3.8, 4) is 11.1 Å². The molecule has 1 saturated heterocycles. The van der Waals surface area contributed by atoms with Crippen LogP contribution in [-0.4, -0.2) is 58.8 Å². The number of carbonyl (C=O) groups is 1. The standard InChI is InChI=1S/C37H35ClFN5O3/c1-3-32(41(2)37(46)47-34-28-11-6-4-9-26(28)27-10-5-7-12-29(27)34)35-40-31-14-8-13-30(38)33(31)36(45)44(35)43-21-19-42(20-22-43)23-24-15-17-25(39)18-16-24/h4-18,32,34H,3,19-23H2,1-2H3/t32-/m0/s1. The summed E-state index contributed by atoms with van der Waals surface area (Å²) in [5, 5.41) is 2.65. The van der Waals surface area contributed by atoms with Gasteiger partial charge in [0.05, 0.1) is 22.0 Å². The van der Waals surface area contributed by atoms with Crippen molar-refractivity contribution in [3.63, 3.8) is 0 Å². The van der Waals surface area contributed by atoms with Gasteiger partial charge in [-0.1, -0.05) is 85.3 Å². The molecule has 0 bridgehead atoms. The van der Waals surface area contributed by atoms with Crippen LogP contribution in [-0.2, 0) is 11.3 Å². The highest BCUT2D eigenvalue weighted by Gasteiger charge is 2.35. The van der Waals surface area contributed by atoms with E-state index in [0.717, 1.165) is 27.8 Å². The number of rotatable bonds is 7. The maximum absolute atomic E-state index is 14.3. The molecule has 1 aromatic heterocycles. The molecule has 10 heteroatoms. The minimum absolute atomic E-state index is 0.259. The van der Waals surface area contributed by atoms with Crippen molar-refractivity contribution in [2.45, 2.75) is 32.0 Å². The molecule has 47 heavy (non-hydrogen) atoms. The number of ether oxygens (including phenoxy) is 1. The molecule has 240 valence electrons. The van der Waals surface area contributed by atoms with Gasteiger partial charge in [-0.25, -0.2) is 18.8 Å². The molecule has 0 N–H and O–H groups in total. The highest BCUT2D eigenvalue weighted by molar-refractivity contribution is 6.35. The van der Waals surface area contributed by atoms with Crippen molar-refractivity contribution in [2.24, 2.45) is 0 Å². The van der Waals surface area contributed by atoms with E-state index in [1.54, 1.807) is 47.0 Å². The number of fused-ring (bicyclic) bond motifs is 4. The van der Waals surface area contributed by atoms with E-state index in [2.05, 4.69) is 4.90 Å². The molecule has 5 aromatic rings. The fraction of sp³-hybridized carbons (Fsp3) is 0.270. The molecule has 1 atom stereocenters. The Morgan fingerprint density at radius 3 is 2.21 bits per heavy atom. The molecule has 0 spiro atoms. The Labute approximate surface area is 277 Å². The molecule has 0 radical (unpaired) electrons. The Balaban J connectivity index is 1.19. The molecular formula is C37H35ClFN5O3. The summed E-state index contributed by atoms with van der Waals surface area (Å²) in [6, 6.07) is 27.1. The molecule has 7 rings (SSSR count). The van der Waals surface area contributed by atoms with Crippen LogP contribution in [0.1, 0.15) is 48.0 Å². The molecule has 1 amide bonds. The summed E-state index contributed by atoms with van der Waals surface area (Å²) < 4.78 is 21.3. The van der Waals surface area contributed by atoms with E-state index in [0.29, 0.717) is 60.9 Å². The number of halogens is 2. The number of aromatic nitrogens is 2. The minimum atomic E-state index is -0.567. The zero-order chi connectivity index (χ0) is 32.7. The first-order chi connectivity index (χ1) is 22.8. The number of hydrogen-bond donors (Lipinski definition) is 0. The summed E-state index contributed by atoms with van der Waals surface area (Å²) in [5.74, 6) is 0.191. The molecule has 2 heterocycles. The summed E-state index contributed by atoms with van der Waals surface area (Å²) in [4.78, 5) is 37.0. The van der Waals surface area contributed by atoms with Gasteiger partial charge in [-0.15, -0.1) is 0 Å². The second kappa shape index (κ2) is 12.8. The zero-order valence-electron chi connectivity index (χ0n) is 26.3. The number of carbonyl (C=O) groups excluding carboxylic acids is 1. The predicted octanol–water partition coefficient (Wildman–Crippen LogP) is 6.93. The van der Waals surface area contributed by atoms with Crippen LogP contribution in [0.4, 0.5) is 9.18 Å². The van der Waals surface area contributed by atoms with Crippen LogP contribution in [0.5, 0.6) is 0 Å². The normalized spacial score (nSPS) is 15.4. The highest BCUT2D eigenvalue weighted by atomic mass is 35.5. The van der Waals surface area contributed by atoms with Crippen LogP contribution in [0, 0.1) is 5.82 Å². The average molecular weight is 652 g/mol. The molecule has 8 nitrogen and oxygen atoms in total. The Hall–Kier alpha value is -4.73. The van der Waals surface area contributed by atoms with E-state index < -0.39 is 18.2 Å². The Morgan fingerprint density at radius 2 is 1.57 bits per heavy atom. The third-order valence-corrected chi connectivity index (χ3v) is 9.55. The number of piperazine rings is 1. The third kappa shape index (κ3) is 5.74. The summed E-state index contributed by atoms with van der Waals surface area (Å²) >= 11 is 6.56. The van der Waals surface area contributed by atoms with E-state index in [1.807, 2.05) is 60.5 Å². The SMILES string of the molecule is CC[C@@H](c1nc2cccc(Cl)c2c(=O)n1N1CCN(Cc2ccc(F)cc2)CC1)N(C)C(=O)OC1c2ccccc2-c2ccccc21. The zero-order valence-corrected chi connectivity index (χ0v) is 27.0. The minimum Gasteiger partial charge on any atom is -0.436 e. The molecule has 1 aliphatic carbocycles. The number of benzene rings is 4. The lowest BCUT2D eigenvalue weighted by molar-refractivity contribution is 0.0710. The lowest BCUT2D eigenvalue weighted by Crippen LogP contribution is -2.55. The van der Waals surface area contributed by atoms with Crippen LogP contribution in [0.25, 0.3) is 22.0 Å². The summed E-state index contributed by atoms with van der Waals surface area (Å²) in [7, 11) is 1.70. The third-order valence-electron chi connectivity index (χ3n) is 9.24. The smallest absolute Gasteiger partial charge is 0.411 e. The second-order valence-corrected chi connectivity index (χ2v) is 12.5. The van der Waals surface area contributed by atoms with Gasteiger partial charge < -0.3 is 14.6 Å². The van der Waals surface area contributed by atoms with E-state index in [-0.39, 0.29) is 11.4 Å². The van der Waals surface area contributed by atoms with Gasteiger partial charge in [0.15, 0.2) is 11.9 Å². The van der Waals surface area contributed by atoms with Crippen molar-refractivity contribution >= 4 is 28.6 Å². The lowest BCUT2D eigenvalue weighted by Gasteiger charge is -2.39. The number of hydrogen-bond acceptors (Lipinski definition) is 6. The largest absolute Gasteiger partial charge is 0.436 e. The molecule has 4 aromatic carbocycles. The van der Waals surface area contributed by atoms with Gasteiger partial charge in [0.2, 0.25) is 0 Å². The van der Waals surface area contributed by atoms with Gasteiger partial charge >= 0.3 is 6.09 Å². The first kappa shape index (κ1) is 30.9. The van der Waals surface area contributed by atoms with Crippen LogP contribution in [0.15, 0.2) is 95.8 Å². The first-order valence-corrected chi connectivity index (χ1v) is 16.3. The van der Waals surface area contributed by atoms with Crippen LogP contribution >= 0.6 is 11.6 Å². The molecule has 1 fully saturated rings. The lowest BCUT2D eigenvalue weighted by atomic mass is 10.1. The van der Waals surface area contributed by atoms with Crippen molar-refractivity contribution in [3.05, 3.63) is 135 Å². The van der Waals surface area contributed by atoms with Crippen molar-refractivity contribution in [1.29, 1.82) is 0 Å².